The molecule has 0 spiro atoms. The fraction of sp³-hybridized carbons (Fsp3) is 0.633. The molecule has 3 saturated carbocycles. The molecule has 0 aromatic heterocycles. The Bertz CT molecular complexity index is 1280. The maximum atomic E-state index is 14.8. The molecule has 1 aromatic carbocycles. The van der Waals surface area contributed by atoms with Crippen LogP contribution in [0.4, 0.5) is 14.9 Å². The molecule has 8 atom stereocenters. The first-order valence-electron chi connectivity index (χ1n) is 14.4. The van der Waals surface area contributed by atoms with E-state index in [1.165, 1.54) is 12.1 Å². The molecule has 4 aliphatic rings. The Balaban J connectivity index is 1.34. The van der Waals surface area contributed by atoms with Gasteiger partial charge in [-0.3, -0.25) is 10.1 Å². The first-order chi connectivity index (χ1) is 19.3. The van der Waals surface area contributed by atoms with Crippen LogP contribution in [0.2, 0.25) is 0 Å². The van der Waals surface area contributed by atoms with E-state index in [9.17, 15) is 28.9 Å². The minimum atomic E-state index is -1.43. The van der Waals surface area contributed by atoms with Crippen LogP contribution in [-0.4, -0.2) is 53.9 Å². The van der Waals surface area contributed by atoms with Gasteiger partial charge in [-0.05, 0) is 54.6 Å². The summed E-state index contributed by atoms with van der Waals surface area (Å²) in [5.41, 5.74) is -1.69. The van der Waals surface area contributed by atoms with Gasteiger partial charge in [0.05, 0.1) is 18.4 Å². The normalized spacial score (nSPS) is 37.9. The van der Waals surface area contributed by atoms with Crippen LogP contribution < -0.4 is 10.8 Å². The summed E-state index contributed by atoms with van der Waals surface area (Å²) in [5.74, 6) is -1.98. The summed E-state index contributed by atoms with van der Waals surface area (Å²) < 4.78 is 30.9. The number of Topliss-reactive ketones (excluding diaryl/α,β-unsaturated/α-hetero) is 1. The van der Waals surface area contributed by atoms with E-state index in [0.29, 0.717) is 18.4 Å². The number of aliphatic hydroxyl groups is 1. The van der Waals surface area contributed by atoms with Gasteiger partial charge in [-0.2, -0.15) is 0 Å². The summed E-state index contributed by atoms with van der Waals surface area (Å²) in [6, 6.07) is 2.84. The number of aliphatic hydroxyl groups excluding tert-OH is 1. The van der Waals surface area contributed by atoms with Crippen molar-refractivity contribution in [1.29, 1.82) is 0 Å². The molecule has 11 heteroatoms. The highest BCUT2D eigenvalue weighted by atomic mass is 19.1. The molecule has 222 valence electrons. The van der Waals surface area contributed by atoms with Crippen molar-refractivity contribution in [2.45, 2.75) is 78.6 Å². The largest absolute Gasteiger partial charge is 0.494 e. The number of carbonyl (C=O) groups is 3. The van der Waals surface area contributed by atoms with Gasteiger partial charge < -0.3 is 24.3 Å². The molecule has 3 aliphatic carbocycles. The van der Waals surface area contributed by atoms with Crippen LogP contribution in [-0.2, 0) is 30.3 Å². The Morgan fingerprint density at radius 3 is 2.73 bits per heavy atom. The molecule has 0 radical (unpaired) electrons. The number of ketones is 1. The van der Waals surface area contributed by atoms with E-state index in [4.69, 9.17) is 14.1 Å². The van der Waals surface area contributed by atoms with E-state index >= 15 is 0 Å². The van der Waals surface area contributed by atoms with Crippen molar-refractivity contribution < 1.29 is 43.0 Å². The molecule has 9 nitrogen and oxygen atoms in total. The first-order valence-corrected chi connectivity index (χ1v) is 14.4. The highest BCUT2D eigenvalue weighted by Crippen LogP contribution is 2.68. The molecular weight excluding hydrogens is 532 g/mol. The molecular formula is C30H39BFNO8. The van der Waals surface area contributed by atoms with Crippen LogP contribution in [0.1, 0.15) is 65.4 Å². The second-order valence-corrected chi connectivity index (χ2v) is 12.9. The van der Waals surface area contributed by atoms with Crippen LogP contribution in [0.5, 0.6) is 0 Å². The predicted octanol–water partition coefficient (Wildman–Crippen LogP) is 3.50. The predicted molar refractivity (Wildman–Crippen MR) is 148 cm³/mol. The molecule has 41 heavy (non-hydrogen) atoms. The number of anilines is 1. The lowest BCUT2D eigenvalue weighted by Crippen LogP contribution is -2.63. The van der Waals surface area contributed by atoms with Crippen molar-refractivity contribution in [3.05, 3.63) is 36.2 Å². The number of nitrogens with one attached hydrogen (secondary N) is 1. The minimum Gasteiger partial charge on any atom is -0.459 e. The molecule has 0 unspecified atom stereocenters. The zero-order chi connectivity index (χ0) is 29.9. The first kappa shape index (κ1) is 29.7. The van der Waals surface area contributed by atoms with Gasteiger partial charge in [0.25, 0.3) is 0 Å². The quantitative estimate of drug-likeness (QED) is 0.278. The Kier molecular flexibility index (Phi) is 7.62. The van der Waals surface area contributed by atoms with Crippen LogP contribution in [0, 0.1) is 39.8 Å². The summed E-state index contributed by atoms with van der Waals surface area (Å²) in [7, 11) is -1.43. The average Bonchev–Trinajstić information content (AvgIpc) is 3.50. The zero-order valence-electron chi connectivity index (χ0n) is 24.1. The Labute approximate surface area is 239 Å². The summed E-state index contributed by atoms with van der Waals surface area (Å²) in [5, 5.41) is 23.7. The van der Waals surface area contributed by atoms with Crippen LogP contribution in [0.25, 0.3) is 0 Å². The fourth-order valence-electron chi connectivity index (χ4n) is 8.34. The number of halogens is 1. The average molecular weight is 571 g/mol. The van der Waals surface area contributed by atoms with Crippen LogP contribution in [0.15, 0.2) is 24.8 Å². The summed E-state index contributed by atoms with van der Waals surface area (Å²) >= 11 is 0. The third-order valence-corrected chi connectivity index (χ3v) is 11.0. The highest BCUT2D eigenvalue weighted by Gasteiger charge is 2.68. The number of hydrogen-bond donors (Lipinski definition) is 3. The van der Waals surface area contributed by atoms with Gasteiger partial charge >= 0.3 is 19.2 Å². The molecule has 5 rings (SSSR count). The van der Waals surface area contributed by atoms with Gasteiger partial charge in [0, 0.05) is 28.6 Å². The SMILES string of the molecule is C=C[C@]1(C)C[C@@H](OC(=O)COC(=O)Nc2ccc3c(c2F)B(O)OC3)[C@]2(C)[C@H](C)CC[C@]3(CCC(=O)[C@H]32)[C@@H](C)[C@@H]1O. The Morgan fingerprint density at radius 1 is 1.29 bits per heavy atom. The van der Waals surface area contributed by atoms with Crippen molar-refractivity contribution in [2.75, 3.05) is 11.9 Å². The van der Waals surface area contributed by atoms with E-state index in [-0.39, 0.29) is 47.7 Å². The number of hydrogen-bond acceptors (Lipinski definition) is 8. The van der Waals surface area contributed by atoms with E-state index in [0.717, 1.165) is 12.8 Å². The third kappa shape index (κ3) is 4.60. The smallest absolute Gasteiger partial charge is 0.459 e. The van der Waals surface area contributed by atoms with Gasteiger partial charge in [-0.25, -0.2) is 14.0 Å². The summed E-state index contributed by atoms with van der Waals surface area (Å²) in [6.45, 7) is 11.3. The topological polar surface area (TPSA) is 131 Å². The standard InChI is InChI=1S/C30H39BFNO8/c1-6-28(4)13-21(29(5)16(2)9-11-30(17(3)26(28)36)12-10-20(34)25(29)30)41-22(35)15-39-27(37)33-19-8-7-18-14-40-31(38)23(18)24(19)32/h6-8,16-17,21,25-26,36,38H,1,9-15H2,2-5H3,(H,33,37)/t16-,17+,21-,25+,26+,28-,29+,30+/m1/s1. The number of amides is 1. The molecule has 3 N–H and O–H groups in total. The molecule has 1 amide bonds. The number of esters is 1. The molecule has 2 bridgehead atoms. The maximum absolute atomic E-state index is 14.8. The number of rotatable bonds is 5. The number of benzene rings is 1. The summed E-state index contributed by atoms with van der Waals surface area (Å²) in [6.07, 6.45) is 2.13. The van der Waals surface area contributed by atoms with Crippen LogP contribution in [0.3, 0.4) is 0 Å². The van der Waals surface area contributed by atoms with Gasteiger partial charge in [0.2, 0.25) is 0 Å². The number of fused-ring (bicyclic) bond motifs is 1. The molecule has 3 fully saturated rings. The van der Waals surface area contributed by atoms with Crippen molar-refractivity contribution in [3.8, 4) is 0 Å². The summed E-state index contributed by atoms with van der Waals surface area (Å²) in [4.78, 5) is 39.1. The fourth-order valence-corrected chi connectivity index (χ4v) is 8.34. The van der Waals surface area contributed by atoms with Crippen molar-refractivity contribution in [1.82, 2.24) is 0 Å². The number of carbonyl (C=O) groups excluding carboxylic acids is 3. The van der Waals surface area contributed by atoms with Gasteiger partial charge in [0.15, 0.2) is 6.61 Å². The van der Waals surface area contributed by atoms with Gasteiger partial charge in [0.1, 0.15) is 17.7 Å². The lowest BCUT2D eigenvalue weighted by Gasteiger charge is -2.61. The Hall–Kier alpha value is -2.76. The third-order valence-electron chi connectivity index (χ3n) is 11.0. The molecule has 1 aliphatic heterocycles. The lowest BCUT2D eigenvalue weighted by atomic mass is 9.44. The second kappa shape index (κ2) is 10.5. The molecule has 1 heterocycles. The van der Waals surface area contributed by atoms with Gasteiger partial charge in [-0.1, -0.05) is 39.8 Å². The second-order valence-electron chi connectivity index (χ2n) is 12.9. The van der Waals surface area contributed by atoms with E-state index in [1.807, 2.05) is 20.8 Å². The van der Waals surface area contributed by atoms with Crippen molar-refractivity contribution in [2.24, 2.45) is 34.0 Å². The van der Waals surface area contributed by atoms with E-state index in [1.54, 1.807) is 6.08 Å². The zero-order valence-corrected chi connectivity index (χ0v) is 24.1. The van der Waals surface area contributed by atoms with Crippen molar-refractivity contribution in [3.63, 3.8) is 0 Å². The van der Waals surface area contributed by atoms with Crippen LogP contribution >= 0.6 is 0 Å². The van der Waals surface area contributed by atoms with E-state index in [2.05, 4.69) is 18.8 Å². The molecule has 1 aromatic rings. The lowest BCUT2D eigenvalue weighted by molar-refractivity contribution is -0.207. The van der Waals surface area contributed by atoms with E-state index < -0.39 is 60.1 Å². The maximum Gasteiger partial charge on any atom is 0.494 e. The van der Waals surface area contributed by atoms with Gasteiger partial charge in [-0.15, -0.1) is 6.58 Å². The molecule has 0 saturated heterocycles. The minimum absolute atomic E-state index is 0.0527. The van der Waals surface area contributed by atoms with Crippen molar-refractivity contribution >= 4 is 36.1 Å². The monoisotopic (exact) mass is 571 g/mol. The number of ether oxygens (including phenoxy) is 2. The highest BCUT2D eigenvalue weighted by molar-refractivity contribution is 6.61. The Morgan fingerprint density at radius 2 is 2.02 bits per heavy atom.